The molecule has 0 saturated carbocycles. The van der Waals surface area contributed by atoms with Gasteiger partial charge in [-0.3, -0.25) is 0 Å². The molecular weight excluding hydrogens is 262 g/mol. The fourth-order valence-corrected chi connectivity index (χ4v) is 2.30. The molecule has 0 spiro atoms. The Morgan fingerprint density at radius 3 is 2.75 bits per heavy atom. The van der Waals surface area contributed by atoms with E-state index in [1.54, 1.807) is 20.3 Å². The Morgan fingerprint density at radius 2 is 2.10 bits per heavy atom. The van der Waals surface area contributed by atoms with Crippen molar-refractivity contribution in [3.63, 3.8) is 0 Å². The topological polar surface area (TPSA) is 36.9 Å². The summed E-state index contributed by atoms with van der Waals surface area (Å²) in [5, 5.41) is 0. The highest BCUT2D eigenvalue weighted by molar-refractivity contribution is 6.61. The van der Waals surface area contributed by atoms with Gasteiger partial charge in [-0.05, 0) is 42.4 Å². The molecule has 1 aromatic rings. The lowest BCUT2D eigenvalue weighted by Gasteiger charge is -2.23. The van der Waals surface area contributed by atoms with Crippen LogP contribution in [0.15, 0.2) is 18.2 Å². The van der Waals surface area contributed by atoms with Crippen molar-refractivity contribution in [1.29, 1.82) is 0 Å². The summed E-state index contributed by atoms with van der Waals surface area (Å²) in [4.78, 5) is 0. The lowest BCUT2D eigenvalue weighted by molar-refractivity contribution is -0.168. The summed E-state index contributed by atoms with van der Waals surface area (Å²) in [6.07, 6.45) is 2.84. The van der Waals surface area contributed by atoms with Crippen molar-refractivity contribution in [1.82, 2.24) is 0 Å². The molecule has 0 amide bonds. The fraction of sp³-hybridized carbons (Fsp3) is 0.571. The lowest BCUT2D eigenvalue weighted by Crippen LogP contribution is -2.38. The molecule has 1 aliphatic heterocycles. The zero-order valence-corrected chi connectivity index (χ0v) is 11.9. The molecule has 2 rings (SSSR count). The van der Waals surface area contributed by atoms with Gasteiger partial charge in [-0.2, -0.15) is 0 Å². The standard InChI is InChI=1S/C14H20BFO4/c1-17-15(18-2)13-7-6-12(16)9-11(13)10-20-14-5-3-4-8-19-14/h6-7,9,14H,3-5,8,10H2,1-2H3. The second kappa shape index (κ2) is 7.74. The molecular formula is C14H20BFO4. The third kappa shape index (κ3) is 4.02. The molecule has 0 aromatic heterocycles. The molecule has 20 heavy (non-hydrogen) atoms. The van der Waals surface area contributed by atoms with E-state index >= 15 is 0 Å². The Balaban J connectivity index is 2.06. The van der Waals surface area contributed by atoms with Crippen molar-refractivity contribution in [2.24, 2.45) is 0 Å². The lowest BCUT2D eigenvalue weighted by atomic mass is 9.76. The smallest absolute Gasteiger partial charge is 0.410 e. The largest absolute Gasteiger partial charge is 0.493 e. The number of hydrogen-bond acceptors (Lipinski definition) is 4. The van der Waals surface area contributed by atoms with Crippen LogP contribution in [0.5, 0.6) is 0 Å². The molecule has 0 N–H and O–H groups in total. The summed E-state index contributed by atoms with van der Waals surface area (Å²) in [7, 11) is 2.57. The van der Waals surface area contributed by atoms with Crippen LogP contribution in [0.2, 0.25) is 0 Å². The van der Waals surface area contributed by atoms with Crippen LogP contribution in [0.4, 0.5) is 4.39 Å². The molecule has 1 aromatic carbocycles. The maximum absolute atomic E-state index is 13.4. The van der Waals surface area contributed by atoms with E-state index in [4.69, 9.17) is 18.8 Å². The van der Waals surface area contributed by atoms with Crippen molar-refractivity contribution >= 4 is 12.6 Å². The third-order valence-corrected chi connectivity index (χ3v) is 3.35. The van der Waals surface area contributed by atoms with Crippen LogP contribution in [0.1, 0.15) is 24.8 Å². The molecule has 0 bridgehead atoms. The Bertz CT molecular complexity index is 420. The highest BCUT2D eigenvalue weighted by atomic mass is 19.1. The summed E-state index contributed by atoms with van der Waals surface area (Å²) in [5.74, 6) is -0.303. The molecule has 1 heterocycles. The van der Waals surface area contributed by atoms with Crippen molar-refractivity contribution in [3.05, 3.63) is 29.6 Å². The Labute approximate surface area is 119 Å². The quantitative estimate of drug-likeness (QED) is 0.746. The van der Waals surface area contributed by atoms with E-state index in [9.17, 15) is 4.39 Å². The summed E-state index contributed by atoms with van der Waals surface area (Å²) in [5.41, 5.74) is 1.49. The normalized spacial score (nSPS) is 19.1. The molecule has 1 saturated heterocycles. The van der Waals surface area contributed by atoms with Crippen LogP contribution < -0.4 is 5.46 Å². The van der Waals surface area contributed by atoms with Gasteiger partial charge >= 0.3 is 7.12 Å². The van der Waals surface area contributed by atoms with Gasteiger partial charge in [-0.1, -0.05) is 6.07 Å². The average Bonchev–Trinajstić information content (AvgIpc) is 2.49. The zero-order chi connectivity index (χ0) is 14.4. The number of rotatable bonds is 6. The minimum absolute atomic E-state index is 0.205. The fourth-order valence-electron chi connectivity index (χ4n) is 2.30. The first-order chi connectivity index (χ1) is 9.74. The monoisotopic (exact) mass is 282 g/mol. The summed E-state index contributed by atoms with van der Waals surface area (Å²) in [6, 6.07) is 4.50. The van der Waals surface area contributed by atoms with Crippen LogP contribution in [0.25, 0.3) is 0 Å². The minimum atomic E-state index is -0.526. The van der Waals surface area contributed by atoms with Gasteiger partial charge in [0.05, 0.1) is 6.61 Å². The van der Waals surface area contributed by atoms with Gasteiger partial charge in [0, 0.05) is 20.8 Å². The Hall–Kier alpha value is -0.945. The maximum atomic E-state index is 13.4. The van der Waals surface area contributed by atoms with Gasteiger partial charge in [0.25, 0.3) is 0 Å². The number of ether oxygens (including phenoxy) is 2. The third-order valence-electron chi connectivity index (χ3n) is 3.35. The van der Waals surface area contributed by atoms with Gasteiger partial charge in [0.2, 0.25) is 0 Å². The number of hydrogen-bond donors (Lipinski definition) is 0. The Morgan fingerprint density at radius 1 is 1.30 bits per heavy atom. The van der Waals surface area contributed by atoms with Gasteiger partial charge < -0.3 is 18.8 Å². The second-order valence-electron chi connectivity index (χ2n) is 4.75. The van der Waals surface area contributed by atoms with E-state index in [2.05, 4.69) is 0 Å². The van der Waals surface area contributed by atoms with E-state index < -0.39 is 7.12 Å². The predicted octanol–water partition coefficient (Wildman–Crippen LogP) is 1.86. The van der Waals surface area contributed by atoms with Crippen LogP contribution >= 0.6 is 0 Å². The molecule has 110 valence electrons. The van der Waals surface area contributed by atoms with Crippen molar-refractivity contribution in [2.75, 3.05) is 20.8 Å². The second-order valence-corrected chi connectivity index (χ2v) is 4.75. The van der Waals surface area contributed by atoms with Crippen molar-refractivity contribution < 1.29 is 23.2 Å². The maximum Gasteiger partial charge on any atom is 0.493 e. The van der Waals surface area contributed by atoms with E-state index in [0.29, 0.717) is 5.56 Å². The SMILES string of the molecule is COB(OC)c1ccc(F)cc1COC1CCCCO1. The van der Waals surface area contributed by atoms with E-state index in [1.807, 2.05) is 0 Å². The average molecular weight is 282 g/mol. The summed E-state index contributed by atoms with van der Waals surface area (Å²) in [6.45, 7) is 1.00. The van der Waals surface area contributed by atoms with Gasteiger partial charge in [-0.15, -0.1) is 0 Å². The summed E-state index contributed by atoms with van der Waals surface area (Å²) >= 11 is 0. The van der Waals surface area contributed by atoms with Crippen LogP contribution in [-0.4, -0.2) is 34.2 Å². The Kier molecular flexibility index (Phi) is 5.97. The first-order valence-corrected chi connectivity index (χ1v) is 6.81. The first kappa shape index (κ1) is 15.4. The van der Waals surface area contributed by atoms with Crippen molar-refractivity contribution in [3.8, 4) is 0 Å². The predicted molar refractivity (Wildman–Crippen MR) is 74.2 cm³/mol. The molecule has 0 aliphatic carbocycles. The van der Waals surface area contributed by atoms with Gasteiger partial charge in [0.15, 0.2) is 6.29 Å². The first-order valence-electron chi connectivity index (χ1n) is 6.81. The zero-order valence-electron chi connectivity index (χ0n) is 11.9. The molecule has 4 nitrogen and oxygen atoms in total. The van der Waals surface area contributed by atoms with Crippen LogP contribution in [0, 0.1) is 5.82 Å². The van der Waals surface area contributed by atoms with Crippen LogP contribution in [0.3, 0.4) is 0 Å². The molecule has 6 heteroatoms. The van der Waals surface area contributed by atoms with Gasteiger partial charge in [-0.25, -0.2) is 4.39 Å². The minimum Gasteiger partial charge on any atom is -0.410 e. The molecule has 1 fully saturated rings. The molecule has 0 radical (unpaired) electrons. The highest BCUT2D eigenvalue weighted by Crippen LogP contribution is 2.16. The number of halogens is 1. The summed E-state index contributed by atoms with van der Waals surface area (Å²) < 4.78 is 35.1. The van der Waals surface area contributed by atoms with E-state index in [1.165, 1.54) is 12.1 Å². The van der Waals surface area contributed by atoms with Gasteiger partial charge in [0.1, 0.15) is 5.82 Å². The number of benzene rings is 1. The molecule has 1 aliphatic rings. The van der Waals surface area contributed by atoms with Crippen molar-refractivity contribution in [2.45, 2.75) is 32.2 Å². The van der Waals surface area contributed by atoms with E-state index in [-0.39, 0.29) is 18.7 Å². The molecule has 1 atom stereocenters. The van der Waals surface area contributed by atoms with Crippen LogP contribution in [-0.2, 0) is 25.4 Å². The van der Waals surface area contributed by atoms with E-state index in [0.717, 1.165) is 31.3 Å². The highest BCUT2D eigenvalue weighted by Gasteiger charge is 2.23. The molecule has 1 unspecified atom stereocenters.